The first kappa shape index (κ1) is 14.6. The van der Waals surface area contributed by atoms with Crippen LogP contribution in [0.3, 0.4) is 0 Å². The predicted molar refractivity (Wildman–Crippen MR) is 85.4 cm³/mol. The van der Waals surface area contributed by atoms with Gasteiger partial charge in [0.1, 0.15) is 0 Å². The SMILES string of the molecule is CCCNC(c1ccsc1)c1cc(C)c(Cl)cc1C. The summed E-state index contributed by atoms with van der Waals surface area (Å²) in [6, 6.07) is 6.74. The van der Waals surface area contributed by atoms with Gasteiger partial charge in [-0.2, -0.15) is 11.3 Å². The second-order valence-corrected chi connectivity index (χ2v) is 6.09. The maximum atomic E-state index is 6.20. The molecule has 1 nitrogen and oxygen atoms in total. The summed E-state index contributed by atoms with van der Waals surface area (Å²) >= 11 is 7.94. The standard InChI is InChI=1S/C16H20ClNS/c1-4-6-18-16(13-5-7-19-10-13)14-8-12(3)15(17)9-11(14)2/h5,7-10,16,18H,4,6H2,1-3H3. The number of hydrogen-bond acceptors (Lipinski definition) is 2. The van der Waals surface area contributed by atoms with Crippen molar-refractivity contribution in [3.05, 3.63) is 56.2 Å². The minimum Gasteiger partial charge on any atom is -0.306 e. The van der Waals surface area contributed by atoms with Crippen LogP contribution in [-0.4, -0.2) is 6.54 Å². The van der Waals surface area contributed by atoms with E-state index in [1.807, 2.05) is 0 Å². The van der Waals surface area contributed by atoms with Crippen molar-refractivity contribution in [2.24, 2.45) is 0 Å². The van der Waals surface area contributed by atoms with Crippen molar-refractivity contribution >= 4 is 22.9 Å². The molecule has 2 rings (SSSR count). The monoisotopic (exact) mass is 293 g/mol. The largest absolute Gasteiger partial charge is 0.306 e. The average molecular weight is 294 g/mol. The van der Waals surface area contributed by atoms with E-state index in [1.54, 1.807) is 11.3 Å². The van der Waals surface area contributed by atoms with E-state index in [1.165, 1.54) is 16.7 Å². The van der Waals surface area contributed by atoms with Crippen LogP contribution in [0.5, 0.6) is 0 Å². The van der Waals surface area contributed by atoms with E-state index in [0.717, 1.165) is 23.6 Å². The second kappa shape index (κ2) is 6.56. The van der Waals surface area contributed by atoms with Crippen LogP contribution in [0.15, 0.2) is 29.0 Å². The van der Waals surface area contributed by atoms with Crippen LogP contribution >= 0.6 is 22.9 Å². The summed E-state index contributed by atoms with van der Waals surface area (Å²) in [5.74, 6) is 0. The summed E-state index contributed by atoms with van der Waals surface area (Å²) in [7, 11) is 0. The third-order valence-electron chi connectivity index (χ3n) is 3.33. The molecule has 0 radical (unpaired) electrons. The van der Waals surface area contributed by atoms with Crippen LogP contribution < -0.4 is 5.32 Å². The molecule has 0 aliphatic heterocycles. The van der Waals surface area contributed by atoms with Gasteiger partial charge in [-0.05, 0) is 72.0 Å². The van der Waals surface area contributed by atoms with Gasteiger partial charge >= 0.3 is 0 Å². The average Bonchev–Trinajstić information content (AvgIpc) is 2.89. The van der Waals surface area contributed by atoms with Gasteiger partial charge in [0.2, 0.25) is 0 Å². The van der Waals surface area contributed by atoms with E-state index < -0.39 is 0 Å². The normalized spacial score (nSPS) is 12.6. The first-order valence-electron chi connectivity index (χ1n) is 6.65. The maximum Gasteiger partial charge on any atom is 0.0587 e. The lowest BCUT2D eigenvalue weighted by Gasteiger charge is -2.21. The predicted octanol–water partition coefficient (Wildman–Crippen LogP) is 5.11. The van der Waals surface area contributed by atoms with Gasteiger partial charge in [-0.25, -0.2) is 0 Å². The first-order chi connectivity index (χ1) is 9.13. The topological polar surface area (TPSA) is 12.0 Å². The van der Waals surface area contributed by atoms with Gasteiger partial charge < -0.3 is 5.32 Å². The van der Waals surface area contributed by atoms with E-state index in [-0.39, 0.29) is 6.04 Å². The van der Waals surface area contributed by atoms with Crippen molar-refractivity contribution < 1.29 is 0 Å². The molecule has 1 aromatic carbocycles. The number of rotatable bonds is 5. The highest BCUT2D eigenvalue weighted by Gasteiger charge is 2.17. The zero-order valence-electron chi connectivity index (χ0n) is 11.7. The van der Waals surface area contributed by atoms with Gasteiger partial charge in [0, 0.05) is 5.02 Å². The Hall–Kier alpha value is -0.830. The van der Waals surface area contributed by atoms with E-state index >= 15 is 0 Å². The molecule has 0 aliphatic rings. The number of hydrogen-bond donors (Lipinski definition) is 1. The Kier molecular flexibility index (Phi) is 5.03. The smallest absolute Gasteiger partial charge is 0.0587 e. The molecule has 0 saturated heterocycles. The molecule has 1 atom stereocenters. The molecule has 1 aromatic heterocycles. The van der Waals surface area contributed by atoms with E-state index in [4.69, 9.17) is 11.6 Å². The molecular weight excluding hydrogens is 274 g/mol. The molecule has 1 N–H and O–H groups in total. The molecule has 0 aliphatic carbocycles. The van der Waals surface area contributed by atoms with Crippen molar-refractivity contribution in [3.63, 3.8) is 0 Å². The summed E-state index contributed by atoms with van der Waals surface area (Å²) in [6.07, 6.45) is 1.13. The Morgan fingerprint density at radius 2 is 2.05 bits per heavy atom. The van der Waals surface area contributed by atoms with Crippen molar-refractivity contribution in [3.8, 4) is 0 Å². The number of nitrogens with one attached hydrogen (secondary N) is 1. The quantitative estimate of drug-likeness (QED) is 0.808. The number of benzene rings is 1. The highest BCUT2D eigenvalue weighted by atomic mass is 35.5. The molecule has 1 heterocycles. The zero-order valence-corrected chi connectivity index (χ0v) is 13.2. The third kappa shape index (κ3) is 3.38. The number of aryl methyl sites for hydroxylation is 2. The molecule has 102 valence electrons. The molecular formula is C16H20ClNS. The summed E-state index contributed by atoms with van der Waals surface area (Å²) in [5.41, 5.74) is 5.05. The van der Waals surface area contributed by atoms with Gasteiger partial charge in [-0.15, -0.1) is 0 Å². The Balaban J connectivity index is 2.40. The minimum absolute atomic E-state index is 0.266. The summed E-state index contributed by atoms with van der Waals surface area (Å²) in [4.78, 5) is 0. The zero-order chi connectivity index (χ0) is 13.8. The maximum absolute atomic E-state index is 6.20. The van der Waals surface area contributed by atoms with Gasteiger partial charge in [0.15, 0.2) is 0 Å². The van der Waals surface area contributed by atoms with E-state index in [9.17, 15) is 0 Å². The third-order valence-corrected chi connectivity index (χ3v) is 4.44. The molecule has 0 amide bonds. The highest BCUT2D eigenvalue weighted by Crippen LogP contribution is 2.30. The molecule has 19 heavy (non-hydrogen) atoms. The molecule has 0 fully saturated rings. The summed E-state index contributed by atoms with van der Waals surface area (Å²) in [5, 5.41) is 8.84. The van der Waals surface area contributed by atoms with Crippen molar-refractivity contribution in [2.75, 3.05) is 6.54 Å². The molecule has 3 heteroatoms. The Labute approximate surface area is 124 Å². The lowest BCUT2D eigenvalue weighted by molar-refractivity contribution is 0.597. The van der Waals surface area contributed by atoms with E-state index in [0.29, 0.717) is 0 Å². The van der Waals surface area contributed by atoms with Crippen LogP contribution in [-0.2, 0) is 0 Å². The molecule has 1 unspecified atom stereocenters. The summed E-state index contributed by atoms with van der Waals surface area (Å²) < 4.78 is 0. The number of halogens is 1. The molecule has 2 aromatic rings. The Morgan fingerprint density at radius 1 is 1.26 bits per heavy atom. The fraction of sp³-hybridized carbons (Fsp3) is 0.375. The lowest BCUT2D eigenvalue weighted by atomic mass is 9.95. The minimum atomic E-state index is 0.266. The van der Waals surface area contributed by atoms with E-state index in [2.05, 4.69) is 55.0 Å². The van der Waals surface area contributed by atoms with Crippen LogP contribution in [0.25, 0.3) is 0 Å². The molecule has 0 bridgehead atoms. The highest BCUT2D eigenvalue weighted by molar-refractivity contribution is 7.08. The van der Waals surface area contributed by atoms with Crippen LogP contribution in [0.4, 0.5) is 0 Å². The first-order valence-corrected chi connectivity index (χ1v) is 7.97. The van der Waals surface area contributed by atoms with Crippen molar-refractivity contribution in [1.82, 2.24) is 5.32 Å². The van der Waals surface area contributed by atoms with Gasteiger partial charge in [-0.1, -0.05) is 24.6 Å². The second-order valence-electron chi connectivity index (χ2n) is 4.90. The Bertz CT molecular complexity index is 534. The van der Waals surface area contributed by atoms with Crippen molar-refractivity contribution in [1.29, 1.82) is 0 Å². The fourth-order valence-electron chi connectivity index (χ4n) is 2.25. The van der Waals surface area contributed by atoms with Gasteiger partial charge in [0.25, 0.3) is 0 Å². The number of thiophene rings is 1. The molecule has 0 saturated carbocycles. The van der Waals surface area contributed by atoms with Crippen LogP contribution in [0.1, 0.15) is 41.6 Å². The lowest BCUT2D eigenvalue weighted by Crippen LogP contribution is -2.23. The van der Waals surface area contributed by atoms with Crippen molar-refractivity contribution in [2.45, 2.75) is 33.2 Å². The van der Waals surface area contributed by atoms with Crippen LogP contribution in [0, 0.1) is 13.8 Å². The Morgan fingerprint density at radius 3 is 2.68 bits per heavy atom. The summed E-state index contributed by atoms with van der Waals surface area (Å²) in [6.45, 7) is 7.41. The van der Waals surface area contributed by atoms with Gasteiger partial charge in [0.05, 0.1) is 6.04 Å². The fourth-order valence-corrected chi connectivity index (χ4v) is 3.15. The van der Waals surface area contributed by atoms with Crippen LogP contribution in [0.2, 0.25) is 5.02 Å². The van der Waals surface area contributed by atoms with Gasteiger partial charge in [-0.3, -0.25) is 0 Å². The molecule has 0 spiro atoms.